The van der Waals surface area contributed by atoms with Crippen molar-refractivity contribution in [3.63, 3.8) is 0 Å². The van der Waals surface area contributed by atoms with Crippen molar-refractivity contribution in [3.05, 3.63) is 45.9 Å². The fourth-order valence-corrected chi connectivity index (χ4v) is 4.33. The number of carbonyl (C=O) groups is 1. The molecule has 0 unspecified atom stereocenters. The standard InChI is InChI=1S/C20H28N4O3S/c1-23(2)10-6-11-24-17-9-4-3-8-16(17)19(22-20(24)26)28-14-18(25)21-13-15-7-5-12-27-15/h5,7,12H,3-4,6,8-11,13-14H2,1-2H3,(H,21,25). The van der Waals surface area contributed by atoms with E-state index in [2.05, 4.69) is 15.2 Å². The number of hydrogen-bond acceptors (Lipinski definition) is 6. The number of hydrogen-bond donors (Lipinski definition) is 1. The summed E-state index contributed by atoms with van der Waals surface area (Å²) in [5.74, 6) is 0.863. The van der Waals surface area contributed by atoms with Gasteiger partial charge >= 0.3 is 5.69 Å². The second kappa shape index (κ2) is 9.93. The Morgan fingerprint density at radius 2 is 2.18 bits per heavy atom. The molecule has 0 saturated heterocycles. The predicted molar refractivity (Wildman–Crippen MR) is 110 cm³/mol. The Kier molecular flexibility index (Phi) is 7.33. The van der Waals surface area contributed by atoms with Crippen LogP contribution in [0.4, 0.5) is 0 Å². The van der Waals surface area contributed by atoms with Gasteiger partial charge < -0.3 is 14.6 Å². The first-order chi connectivity index (χ1) is 13.5. The zero-order chi connectivity index (χ0) is 19.9. The first-order valence-corrected chi connectivity index (χ1v) is 10.7. The van der Waals surface area contributed by atoms with Crippen molar-refractivity contribution >= 4 is 17.7 Å². The molecule has 1 aliphatic carbocycles. The van der Waals surface area contributed by atoms with E-state index in [9.17, 15) is 9.59 Å². The molecule has 0 atom stereocenters. The van der Waals surface area contributed by atoms with Crippen LogP contribution in [0.3, 0.4) is 0 Å². The largest absolute Gasteiger partial charge is 0.467 e. The van der Waals surface area contributed by atoms with Crippen LogP contribution in [0.2, 0.25) is 0 Å². The highest BCUT2D eigenvalue weighted by atomic mass is 32.2. The smallest absolute Gasteiger partial charge is 0.348 e. The van der Waals surface area contributed by atoms with Crippen molar-refractivity contribution in [1.82, 2.24) is 19.8 Å². The summed E-state index contributed by atoms with van der Waals surface area (Å²) in [5.41, 5.74) is 2.07. The lowest BCUT2D eigenvalue weighted by molar-refractivity contribution is -0.118. The van der Waals surface area contributed by atoms with E-state index in [4.69, 9.17) is 4.42 Å². The van der Waals surface area contributed by atoms with E-state index in [1.54, 1.807) is 12.3 Å². The minimum absolute atomic E-state index is 0.0945. The molecule has 0 bridgehead atoms. The van der Waals surface area contributed by atoms with Crippen molar-refractivity contribution in [3.8, 4) is 0 Å². The summed E-state index contributed by atoms with van der Waals surface area (Å²) in [4.78, 5) is 31.2. The van der Waals surface area contributed by atoms with Crippen LogP contribution in [0.5, 0.6) is 0 Å². The van der Waals surface area contributed by atoms with Crippen LogP contribution in [-0.2, 0) is 30.7 Å². The van der Waals surface area contributed by atoms with Crippen LogP contribution in [0, 0.1) is 0 Å². The zero-order valence-corrected chi connectivity index (χ0v) is 17.4. The summed E-state index contributed by atoms with van der Waals surface area (Å²) in [6, 6.07) is 3.61. The molecule has 2 aromatic rings. The molecule has 0 aromatic carbocycles. The third-order valence-electron chi connectivity index (χ3n) is 4.82. The van der Waals surface area contributed by atoms with Crippen LogP contribution in [0.15, 0.2) is 32.6 Å². The summed E-state index contributed by atoms with van der Waals surface area (Å²) in [7, 11) is 4.07. The van der Waals surface area contributed by atoms with E-state index in [-0.39, 0.29) is 17.3 Å². The normalized spacial score (nSPS) is 13.5. The SMILES string of the molecule is CN(C)CCCn1c2c(c(SCC(=O)NCc3ccco3)nc1=O)CCCC2. The lowest BCUT2D eigenvalue weighted by Gasteiger charge is -2.23. The molecule has 0 aliphatic heterocycles. The number of carbonyl (C=O) groups excluding carboxylic acids is 1. The number of thioether (sulfide) groups is 1. The molecule has 28 heavy (non-hydrogen) atoms. The van der Waals surface area contributed by atoms with E-state index < -0.39 is 0 Å². The minimum Gasteiger partial charge on any atom is -0.467 e. The quantitative estimate of drug-likeness (QED) is 0.509. The van der Waals surface area contributed by atoms with Crippen LogP contribution in [0.1, 0.15) is 36.3 Å². The Bertz CT molecular complexity index is 846. The average molecular weight is 405 g/mol. The number of fused-ring (bicyclic) bond motifs is 1. The predicted octanol–water partition coefficient (Wildman–Crippen LogP) is 2.08. The molecule has 1 aliphatic rings. The lowest BCUT2D eigenvalue weighted by atomic mass is 9.97. The number of nitrogens with one attached hydrogen (secondary N) is 1. The monoisotopic (exact) mass is 404 g/mol. The average Bonchev–Trinajstić information content (AvgIpc) is 3.20. The number of aromatic nitrogens is 2. The third-order valence-corrected chi connectivity index (χ3v) is 5.84. The van der Waals surface area contributed by atoms with Gasteiger partial charge in [0.25, 0.3) is 0 Å². The summed E-state index contributed by atoms with van der Waals surface area (Å²) >= 11 is 1.36. The van der Waals surface area contributed by atoms with E-state index in [0.29, 0.717) is 18.8 Å². The number of rotatable bonds is 9. The molecule has 0 radical (unpaired) electrons. The maximum Gasteiger partial charge on any atom is 0.348 e. The third kappa shape index (κ3) is 5.48. The summed E-state index contributed by atoms with van der Waals surface area (Å²) in [6.07, 6.45) is 6.53. The van der Waals surface area contributed by atoms with Gasteiger partial charge in [0, 0.05) is 17.8 Å². The van der Waals surface area contributed by atoms with E-state index in [0.717, 1.165) is 54.9 Å². The Morgan fingerprint density at radius 3 is 2.93 bits per heavy atom. The van der Waals surface area contributed by atoms with Gasteiger partial charge in [-0.3, -0.25) is 9.36 Å². The maximum atomic E-state index is 12.6. The second-order valence-corrected chi connectivity index (χ2v) is 8.25. The van der Waals surface area contributed by atoms with Crippen molar-refractivity contribution in [2.24, 2.45) is 0 Å². The highest BCUT2D eigenvalue weighted by Crippen LogP contribution is 2.28. The molecule has 0 fully saturated rings. The molecule has 2 aromatic heterocycles. The maximum absolute atomic E-state index is 12.6. The molecule has 152 valence electrons. The van der Waals surface area contributed by atoms with Gasteiger partial charge in [0.1, 0.15) is 10.8 Å². The molecule has 0 saturated carbocycles. The van der Waals surface area contributed by atoms with Gasteiger partial charge in [0.05, 0.1) is 18.6 Å². The second-order valence-electron chi connectivity index (χ2n) is 7.29. The molecule has 0 spiro atoms. The van der Waals surface area contributed by atoms with Crippen LogP contribution < -0.4 is 11.0 Å². The van der Waals surface area contributed by atoms with E-state index >= 15 is 0 Å². The minimum atomic E-state index is -0.196. The Labute approximate surface area is 169 Å². The number of furan rings is 1. The van der Waals surface area contributed by atoms with Crippen LogP contribution >= 0.6 is 11.8 Å². The van der Waals surface area contributed by atoms with Gasteiger partial charge in [-0.15, -0.1) is 0 Å². The first-order valence-electron chi connectivity index (χ1n) is 9.74. The van der Waals surface area contributed by atoms with Gasteiger partial charge in [0.15, 0.2) is 0 Å². The molecular formula is C20H28N4O3S. The van der Waals surface area contributed by atoms with Gasteiger partial charge in [-0.2, -0.15) is 4.98 Å². The molecule has 1 N–H and O–H groups in total. The van der Waals surface area contributed by atoms with Gasteiger partial charge in [-0.05, 0) is 64.9 Å². The molecule has 3 rings (SSSR count). The topological polar surface area (TPSA) is 80.4 Å². The summed E-state index contributed by atoms with van der Waals surface area (Å²) in [5, 5.41) is 3.55. The van der Waals surface area contributed by atoms with Gasteiger partial charge in [0.2, 0.25) is 5.91 Å². The highest BCUT2D eigenvalue weighted by molar-refractivity contribution is 7.99. The van der Waals surface area contributed by atoms with Gasteiger partial charge in [-0.25, -0.2) is 4.79 Å². The number of amides is 1. The van der Waals surface area contributed by atoms with Crippen molar-refractivity contribution in [1.29, 1.82) is 0 Å². The molecular weight excluding hydrogens is 376 g/mol. The Balaban J connectivity index is 1.66. The lowest BCUT2D eigenvalue weighted by Crippen LogP contribution is -2.31. The number of nitrogens with zero attached hydrogens (tertiary/aromatic N) is 3. The summed E-state index contributed by atoms with van der Waals surface area (Å²) < 4.78 is 7.06. The molecule has 7 nitrogen and oxygen atoms in total. The van der Waals surface area contributed by atoms with E-state index in [1.807, 2.05) is 24.7 Å². The summed E-state index contributed by atoms with van der Waals surface area (Å²) in [6.45, 7) is 2.00. The highest BCUT2D eigenvalue weighted by Gasteiger charge is 2.21. The Morgan fingerprint density at radius 1 is 1.36 bits per heavy atom. The van der Waals surface area contributed by atoms with E-state index in [1.165, 1.54) is 11.8 Å². The Hall–Kier alpha value is -2.06. The van der Waals surface area contributed by atoms with Crippen molar-refractivity contribution < 1.29 is 9.21 Å². The van der Waals surface area contributed by atoms with Crippen molar-refractivity contribution in [2.45, 2.75) is 50.2 Å². The van der Waals surface area contributed by atoms with Crippen molar-refractivity contribution in [2.75, 3.05) is 26.4 Å². The fraction of sp³-hybridized carbons (Fsp3) is 0.550. The van der Waals surface area contributed by atoms with Crippen LogP contribution in [0.25, 0.3) is 0 Å². The molecule has 8 heteroatoms. The fourth-order valence-electron chi connectivity index (χ4n) is 3.43. The first kappa shape index (κ1) is 20.7. The van der Waals surface area contributed by atoms with Gasteiger partial charge in [-0.1, -0.05) is 11.8 Å². The molecule has 1 amide bonds. The molecule has 2 heterocycles. The zero-order valence-electron chi connectivity index (χ0n) is 16.6. The van der Waals surface area contributed by atoms with Crippen LogP contribution in [-0.4, -0.2) is 46.8 Å².